The Morgan fingerprint density at radius 2 is 1.96 bits per heavy atom. The summed E-state index contributed by atoms with van der Waals surface area (Å²) in [5.41, 5.74) is 0.620. The Bertz CT molecular complexity index is 636. The van der Waals surface area contributed by atoms with E-state index in [2.05, 4.69) is 25.2 Å². The summed E-state index contributed by atoms with van der Waals surface area (Å²) in [6.45, 7) is 5.34. The molecule has 5 heteroatoms. The number of methoxy groups -OCH3 is 1. The lowest BCUT2D eigenvalue weighted by atomic mass is 10.2. The Labute approximate surface area is 147 Å². The average Bonchev–Trinajstić information content (AvgIpc) is 3.02. The number of benzene rings is 1. The van der Waals surface area contributed by atoms with Crippen LogP contribution in [0.4, 0.5) is 0 Å². The lowest BCUT2D eigenvalue weighted by Gasteiger charge is -2.15. The van der Waals surface area contributed by atoms with Crippen molar-refractivity contribution in [3.05, 3.63) is 51.7 Å². The normalized spacial score (nSPS) is 12.0. The van der Waals surface area contributed by atoms with Crippen molar-refractivity contribution in [3.8, 4) is 5.75 Å². The van der Waals surface area contributed by atoms with Crippen LogP contribution in [0.1, 0.15) is 46.0 Å². The molecule has 1 amide bonds. The number of hydrogen-bond donors (Lipinski definition) is 1. The Morgan fingerprint density at radius 3 is 2.54 bits per heavy atom. The molecule has 1 N–H and O–H groups in total. The van der Waals surface area contributed by atoms with Gasteiger partial charge in [0.1, 0.15) is 11.9 Å². The maximum absolute atomic E-state index is 12.3. The lowest BCUT2D eigenvalue weighted by molar-refractivity contribution is 0.0837. The number of thiophene rings is 1. The second-order valence-corrected chi connectivity index (χ2v) is 6.93. The molecule has 0 saturated carbocycles. The van der Waals surface area contributed by atoms with Crippen molar-refractivity contribution in [1.82, 2.24) is 5.32 Å². The third kappa shape index (κ3) is 5.35. The summed E-state index contributed by atoms with van der Waals surface area (Å²) in [6, 6.07) is 11.3. The molecule has 0 aliphatic carbocycles. The molecule has 0 saturated heterocycles. The standard InChI is InChI=1S/C19H25NO3S/c1-4-5-12-23-16-9-7-15(8-10-16)19(21)20-13-17(22-3)18-11-6-14(2)24-18/h6-11,17H,4-5,12-13H2,1-3H3,(H,20,21)/t17-/m1/s1. The zero-order valence-corrected chi connectivity index (χ0v) is 15.3. The van der Waals surface area contributed by atoms with Gasteiger partial charge in [-0.3, -0.25) is 4.79 Å². The number of ether oxygens (including phenoxy) is 2. The van der Waals surface area contributed by atoms with E-state index < -0.39 is 0 Å². The molecule has 1 aromatic heterocycles. The number of rotatable bonds is 9. The van der Waals surface area contributed by atoms with Gasteiger partial charge < -0.3 is 14.8 Å². The maximum atomic E-state index is 12.3. The van der Waals surface area contributed by atoms with Crippen molar-refractivity contribution in [2.24, 2.45) is 0 Å². The number of carbonyl (C=O) groups excluding carboxylic acids is 1. The molecule has 1 atom stereocenters. The number of hydrogen-bond acceptors (Lipinski definition) is 4. The molecule has 1 aromatic carbocycles. The van der Waals surface area contributed by atoms with Crippen LogP contribution in [-0.4, -0.2) is 26.2 Å². The molecule has 24 heavy (non-hydrogen) atoms. The van der Waals surface area contributed by atoms with Crippen LogP contribution in [0, 0.1) is 6.92 Å². The van der Waals surface area contributed by atoms with Crippen molar-refractivity contribution >= 4 is 17.2 Å². The lowest BCUT2D eigenvalue weighted by Crippen LogP contribution is -2.28. The molecule has 0 bridgehead atoms. The van der Waals surface area contributed by atoms with E-state index >= 15 is 0 Å². The van der Waals surface area contributed by atoms with Crippen molar-refractivity contribution in [1.29, 1.82) is 0 Å². The first kappa shape index (κ1) is 18.5. The third-order valence-electron chi connectivity index (χ3n) is 3.69. The molecule has 0 radical (unpaired) electrons. The van der Waals surface area contributed by atoms with Crippen molar-refractivity contribution in [3.63, 3.8) is 0 Å². The van der Waals surface area contributed by atoms with Gasteiger partial charge in [-0.25, -0.2) is 0 Å². The molecule has 2 aromatic rings. The molecule has 0 fully saturated rings. The zero-order valence-electron chi connectivity index (χ0n) is 14.5. The van der Waals surface area contributed by atoms with Gasteiger partial charge in [0.15, 0.2) is 0 Å². The smallest absolute Gasteiger partial charge is 0.251 e. The largest absolute Gasteiger partial charge is 0.494 e. The molecular formula is C19H25NO3S. The van der Waals surface area contributed by atoms with Crippen LogP contribution in [0.15, 0.2) is 36.4 Å². The highest BCUT2D eigenvalue weighted by Gasteiger charge is 2.14. The van der Waals surface area contributed by atoms with Crippen LogP contribution >= 0.6 is 11.3 Å². The fourth-order valence-electron chi connectivity index (χ4n) is 2.25. The highest BCUT2D eigenvalue weighted by molar-refractivity contribution is 7.12. The van der Waals surface area contributed by atoms with Gasteiger partial charge in [-0.1, -0.05) is 13.3 Å². The monoisotopic (exact) mass is 347 g/mol. The first-order valence-corrected chi connectivity index (χ1v) is 9.06. The van der Waals surface area contributed by atoms with Crippen LogP contribution in [0.2, 0.25) is 0 Å². The van der Waals surface area contributed by atoms with Gasteiger partial charge in [0.05, 0.1) is 6.61 Å². The summed E-state index contributed by atoms with van der Waals surface area (Å²) in [5, 5.41) is 2.93. The van der Waals surface area contributed by atoms with Crippen LogP contribution < -0.4 is 10.1 Å². The maximum Gasteiger partial charge on any atom is 0.251 e. The average molecular weight is 347 g/mol. The van der Waals surface area contributed by atoms with E-state index in [1.54, 1.807) is 30.6 Å². The zero-order chi connectivity index (χ0) is 17.4. The number of amides is 1. The molecule has 0 spiro atoms. The quantitative estimate of drug-likeness (QED) is 0.686. The van der Waals surface area contributed by atoms with Crippen molar-refractivity contribution in [2.45, 2.75) is 32.8 Å². The second-order valence-electron chi connectivity index (χ2n) is 5.61. The van der Waals surface area contributed by atoms with E-state index in [1.165, 1.54) is 4.88 Å². The van der Waals surface area contributed by atoms with Gasteiger partial charge in [-0.15, -0.1) is 11.3 Å². The van der Waals surface area contributed by atoms with Gasteiger partial charge in [-0.2, -0.15) is 0 Å². The van der Waals surface area contributed by atoms with Crippen LogP contribution in [0.25, 0.3) is 0 Å². The topological polar surface area (TPSA) is 47.6 Å². The Morgan fingerprint density at radius 1 is 1.21 bits per heavy atom. The summed E-state index contributed by atoms with van der Waals surface area (Å²) in [6.07, 6.45) is 2.01. The fourth-order valence-corrected chi connectivity index (χ4v) is 3.21. The predicted octanol–water partition coefficient (Wildman–Crippen LogP) is 4.35. The molecule has 130 valence electrons. The third-order valence-corrected chi connectivity index (χ3v) is 4.79. The molecule has 1 heterocycles. The minimum atomic E-state index is -0.121. The number of carbonyl (C=O) groups is 1. The number of nitrogens with one attached hydrogen (secondary N) is 1. The second kappa shape index (κ2) is 9.45. The van der Waals surface area contributed by atoms with Crippen LogP contribution in [0.5, 0.6) is 5.75 Å². The Kier molecular flexibility index (Phi) is 7.28. The van der Waals surface area contributed by atoms with Crippen LogP contribution in [-0.2, 0) is 4.74 Å². The van der Waals surface area contributed by atoms with Gasteiger partial charge in [0, 0.05) is 29.0 Å². The van der Waals surface area contributed by atoms with Crippen molar-refractivity contribution < 1.29 is 14.3 Å². The molecular weight excluding hydrogens is 322 g/mol. The molecule has 0 unspecified atom stereocenters. The van der Waals surface area contributed by atoms with Gasteiger partial charge in [-0.05, 0) is 49.7 Å². The van der Waals surface area contributed by atoms with E-state index in [4.69, 9.17) is 9.47 Å². The molecule has 0 aliphatic heterocycles. The van der Waals surface area contributed by atoms with E-state index in [-0.39, 0.29) is 12.0 Å². The van der Waals surface area contributed by atoms with E-state index in [1.807, 2.05) is 18.2 Å². The van der Waals surface area contributed by atoms with E-state index in [0.29, 0.717) is 18.7 Å². The summed E-state index contributed by atoms with van der Waals surface area (Å²) >= 11 is 1.69. The summed E-state index contributed by atoms with van der Waals surface area (Å²) in [7, 11) is 1.66. The van der Waals surface area contributed by atoms with Gasteiger partial charge >= 0.3 is 0 Å². The first-order valence-electron chi connectivity index (χ1n) is 8.24. The summed E-state index contributed by atoms with van der Waals surface area (Å²) in [4.78, 5) is 14.6. The Balaban J connectivity index is 1.87. The minimum Gasteiger partial charge on any atom is -0.494 e. The Hall–Kier alpha value is -1.85. The van der Waals surface area contributed by atoms with Crippen molar-refractivity contribution in [2.75, 3.05) is 20.3 Å². The number of aryl methyl sites for hydroxylation is 1. The summed E-state index contributed by atoms with van der Waals surface area (Å²) in [5.74, 6) is 0.689. The number of unbranched alkanes of at least 4 members (excludes halogenated alkanes) is 1. The van der Waals surface area contributed by atoms with Gasteiger partial charge in [0.2, 0.25) is 0 Å². The molecule has 2 rings (SSSR count). The summed E-state index contributed by atoms with van der Waals surface area (Å²) < 4.78 is 11.1. The molecule has 4 nitrogen and oxygen atoms in total. The van der Waals surface area contributed by atoms with Crippen LogP contribution in [0.3, 0.4) is 0 Å². The highest BCUT2D eigenvalue weighted by Crippen LogP contribution is 2.24. The van der Waals surface area contributed by atoms with Gasteiger partial charge in [0.25, 0.3) is 5.91 Å². The highest BCUT2D eigenvalue weighted by atomic mass is 32.1. The predicted molar refractivity (Wildman–Crippen MR) is 98.0 cm³/mol. The van der Waals surface area contributed by atoms with E-state index in [0.717, 1.165) is 23.5 Å². The SMILES string of the molecule is CCCCOc1ccc(C(=O)NC[C@@H](OC)c2ccc(C)s2)cc1. The van der Waals surface area contributed by atoms with E-state index in [9.17, 15) is 4.79 Å². The first-order chi connectivity index (χ1) is 11.6. The molecule has 0 aliphatic rings. The fraction of sp³-hybridized carbons (Fsp3) is 0.421. The minimum absolute atomic E-state index is 0.106.